The van der Waals surface area contributed by atoms with E-state index in [1.807, 2.05) is 17.9 Å². The minimum absolute atomic E-state index is 0.00814. The summed E-state index contributed by atoms with van der Waals surface area (Å²) in [5.41, 5.74) is 1.23. The van der Waals surface area contributed by atoms with E-state index in [0.717, 1.165) is 32.4 Å². The molecule has 1 amide bonds. The lowest BCUT2D eigenvalue weighted by molar-refractivity contribution is -0.144. The number of carbonyl (C=O) groups excluding carboxylic acids is 1. The molecule has 2 aliphatic heterocycles. The quantitative estimate of drug-likeness (QED) is 0.763. The molecule has 0 bridgehead atoms. The Hall–Kier alpha value is -1.44. The van der Waals surface area contributed by atoms with Crippen LogP contribution in [-0.4, -0.2) is 65.6 Å². The van der Waals surface area contributed by atoms with Crippen molar-refractivity contribution in [3.8, 4) is 0 Å². The molecule has 1 aromatic rings. The Morgan fingerprint density at radius 2 is 2.35 bits per heavy atom. The molecule has 3 atom stereocenters. The summed E-state index contributed by atoms with van der Waals surface area (Å²) < 4.78 is 12.8. The normalized spacial score (nSPS) is 27.8. The van der Waals surface area contributed by atoms with Gasteiger partial charge < -0.3 is 14.8 Å². The maximum absolute atomic E-state index is 12.1. The van der Waals surface area contributed by atoms with Crippen LogP contribution in [0.15, 0.2) is 12.4 Å². The number of fused-ring (bicyclic) bond motifs is 1. The van der Waals surface area contributed by atoms with Crippen molar-refractivity contribution in [1.82, 2.24) is 20.0 Å². The number of hydrogen-bond acceptors (Lipinski definition) is 5. The van der Waals surface area contributed by atoms with Crippen molar-refractivity contribution in [1.29, 1.82) is 0 Å². The fraction of sp³-hybridized carbons (Fsp3) is 0.750. The summed E-state index contributed by atoms with van der Waals surface area (Å²) in [6.07, 6.45) is 6.61. The van der Waals surface area contributed by atoms with Crippen LogP contribution in [0.2, 0.25) is 0 Å². The highest BCUT2D eigenvalue weighted by Crippen LogP contribution is 2.32. The van der Waals surface area contributed by atoms with Crippen molar-refractivity contribution in [2.75, 3.05) is 26.8 Å². The van der Waals surface area contributed by atoms with E-state index in [2.05, 4.69) is 21.5 Å². The van der Waals surface area contributed by atoms with Crippen molar-refractivity contribution in [2.24, 2.45) is 7.05 Å². The number of nitrogens with one attached hydrogen (secondary N) is 1. The lowest BCUT2D eigenvalue weighted by Gasteiger charge is -2.35. The lowest BCUT2D eigenvalue weighted by atomic mass is 9.98. The highest BCUT2D eigenvalue weighted by atomic mass is 16.5. The van der Waals surface area contributed by atoms with Gasteiger partial charge in [0.1, 0.15) is 6.10 Å². The smallest absolute Gasteiger partial charge is 0.249 e. The Labute approximate surface area is 136 Å². The minimum Gasteiger partial charge on any atom is -0.383 e. The average Bonchev–Trinajstić information content (AvgIpc) is 3.14. The molecular weight excluding hydrogens is 296 g/mol. The molecule has 1 N–H and O–H groups in total. The third-order valence-corrected chi connectivity index (χ3v) is 4.70. The van der Waals surface area contributed by atoms with Crippen LogP contribution < -0.4 is 5.32 Å². The summed E-state index contributed by atoms with van der Waals surface area (Å²) in [6, 6.07) is 0.415. The van der Waals surface area contributed by atoms with Crippen LogP contribution in [0.4, 0.5) is 0 Å². The van der Waals surface area contributed by atoms with Crippen LogP contribution in [0.25, 0.3) is 0 Å². The van der Waals surface area contributed by atoms with Gasteiger partial charge in [-0.2, -0.15) is 5.10 Å². The van der Waals surface area contributed by atoms with E-state index in [9.17, 15) is 4.79 Å². The Balaban J connectivity index is 1.50. The van der Waals surface area contributed by atoms with Crippen molar-refractivity contribution in [2.45, 2.75) is 44.1 Å². The fourth-order valence-electron chi connectivity index (χ4n) is 3.58. The number of methoxy groups -OCH3 is 1. The molecule has 1 aromatic heterocycles. The summed E-state index contributed by atoms with van der Waals surface area (Å²) in [4.78, 5) is 14.6. The van der Waals surface area contributed by atoms with Gasteiger partial charge in [0.05, 0.1) is 18.9 Å². The Kier molecular flexibility index (Phi) is 5.30. The molecule has 23 heavy (non-hydrogen) atoms. The van der Waals surface area contributed by atoms with Crippen molar-refractivity contribution in [3.05, 3.63) is 18.0 Å². The molecule has 128 valence electrons. The zero-order chi connectivity index (χ0) is 16.2. The van der Waals surface area contributed by atoms with Crippen LogP contribution in [0.1, 0.15) is 24.8 Å². The van der Waals surface area contributed by atoms with E-state index in [-0.39, 0.29) is 18.1 Å². The largest absolute Gasteiger partial charge is 0.383 e. The molecule has 0 radical (unpaired) electrons. The van der Waals surface area contributed by atoms with Gasteiger partial charge in [0.25, 0.3) is 0 Å². The second-order valence-electron chi connectivity index (χ2n) is 6.37. The fourth-order valence-corrected chi connectivity index (χ4v) is 3.58. The van der Waals surface area contributed by atoms with Gasteiger partial charge in [0.15, 0.2) is 0 Å². The van der Waals surface area contributed by atoms with E-state index in [1.165, 1.54) is 5.56 Å². The van der Waals surface area contributed by atoms with Crippen LogP contribution in [0.3, 0.4) is 0 Å². The van der Waals surface area contributed by atoms with Gasteiger partial charge >= 0.3 is 0 Å². The molecule has 0 saturated carbocycles. The van der Waals surface area contributed by atoms with E-state index in [0.29, 0.717) is 19.2 Å². The first-order chi connectivity index (χ1) is 11.2. The van der Waals surface area contributed by atoms with Crippen molar-refractivity contribution < 1.29 is 14.3 Å². The van der Waals surface area contributed by atoms with E-state index >= 15 is 0 Å². The molecule has 0 unspecified atom stereocenters. The number of likely N-dealkylation sites (tertiary alicyclic amines) is 1. The zero-order valence-corrected chi connectivity index (χ0v) is 13.9. The number of ether oxygens (including phenoxy) is 2. The molecule has 7 nitrogen and oxygen atoms in total. The number of aryl methyl sites for hydroxylation is 1. The topological polar surface area (TPSA) is 68.6 Å². The van der Waals surface area contributed by atoms with E-state index < -0.39 is 0 Å². The van der Waals surface area contributed by atoms with Crippen LogP contribution in [0, 0.1) is 0 Å². The monoisotopic (exact) mass is 322 g/mol. The summed E-state index contributed by atoms with van der Waals surface area (Å²) in [5.74, 6) is -0.00814. The summed E-state index contributed by atoms with van der Waals surface area (Å²) in [6.45, 7) is 2.99. The first-order valence-corrected chi connectivity index (χ1v) is 8.31. The van der Waals surface area contributed by atoms with Gasteiger partial charge in [0, 0.05) is 51.6 Å². The number of hydrogen-bond donors (Lipinski definition) is 1. The van der Waals surface area contributed by atoms with E-state index in [1.54, 1.807) is 7.11 Å². The van der Waals surface area contributed by atoms with Gasteiger partial charge in [-0.1, -0.05) is 0 Å². The molecule has 2 fully saturated rings. The first kappa shape index (κ1) is 16.4. The van der Waals surface area contributed by atoms with Crippen molar-refractivity contribution in [3.63, 3.8) is 0 Å². The minimum atomic E-state index is -0.313. The van der Waals surface area contributed by atoms with Gasteiger partial charge in [-0.3, -0.25) is 14.4 Å². The molecule has 3 heterocycles. The molecule has 3 rings (SSSR count). The molecule has 0 aromatic carbocycles. The predicted molar refractivity (Wildman–Crippen MR) is 84.8 cm³/mol. The average molecular weight is 322 g/mol. The third-order valence-electron chi connectivity index (χ3n) is 4.70. The molecule has 2 aliphatic rings. The highest BCUT2D eigenvalue weighted by molar-refractivity contribution is 5.80. The second-order valence-corrected chi connectivity index (χ2v) is 6.37. The number of aromatic nitrogens is 2. The maximum atomic E-state index is 12.1. The molecular formula is C16H26N4O3. The van der Waals surface area contributed by atoms with E-state index in [4.69, 9.17) is 9.47 Å². The highest BCUT2D eigenvalue weighted by Gasteiger charge is 2.41. The molecule has 7 heteroatoms. The maximum Gasteiger partial charge on any atom is 0.249 e. The molecule has 0 aliphatic carbocycles. The predicted octanol–water partition coefficient (Wildman–Crippen LogP) is 0.305. The lowest BCUT2D eigenvalue weighted by Crippen LogP contribution is -2.48. The summed E-state index contributed by atoms with van der Waals surface area (Å²) >= 11 is 0. The molecule has 0 spiro atoms. The van der Waals surface area contributed by atoms with Gasteiger partial charge in [-0.15, -0.1) is 0 Å². The number of carbonyl (C=O) groups is 1. The van der Waals surface area contributed by atoms with Crippen molar-refractivity contribution >= 4 is 5.91 Å². The Bertz CT molecular complexity index is 533. The zero-order valence-electron chi connectivity index (χ0n) is 13.9. The SMILES string of the molecule is COCCNC(=O)[C@@H]1CC[C@H]2[C@H](CCN2Cc2cnn(C)c2)O1. The summed E-state index contributed by atoms with van der Waals surface area (Å²) in [7, 11) is 3.57. The van der Waals surface area contributed by atoms with Gasteiger partial charge in [0.2, 0.25) is 5.91 Å². The number of rotatable bonds is 6. The Morgan fingerprint density at radius 1 is 1.48 bits per heavy atom. The standard InChI is InChI=1S/C16H26N4O3/c1-19-10-12(9-18-19)11-20-7-5-14-13(20)3-4-15(23-14)16(21)17-6-8-22-2/h9-10,13-15H,3-8,11H2,1-2H3,(H,17,21)/t13-,14-,15-/m0/s1. The number of amides is 1. The third kappa shape index (κ3) is 3.91. The van der Waals surface area contributed by atoms with Crippen LogP contribution >= 0.6 is 0 Å². The van der Waals surface area contributed by atoms with Crippen LogP contribution in [-0.2, 0) is 27.9 Å². The first-order valence-electron chi connectivity index (χ1n) is 8.31. The van der Waals surface area contributed by atoms with Gasteiger partial charge in [-0.25, -0.2) is 0 Å². The van der Waals surface area contributed by atoms with Crippen LogP contribution in [0.5, 0.6) is 0 Å². The van der Waals surface area contributed by atoms with Gasteiger partial charge in [-0.05, 0) is 19.3 Å². The number of nitrogens with zero attached hydrogens (tertiary/aromatic N) is 3. The summed E-state index contributed by atoms with van der Waals surface area (Å²) in [5, 5.41) is 7.10. The second kappa shape index (κ2) is 7.42. The Morgan fingerprint density at radius 3 is 3.09 bits per heavy atom. The molecule has 2 saturated heterocycles.